The van der Waals surface area contributed by atoms with Crippen LogP contribution in [0.15, 0.2) is 22.7 Å². The van der Waals surface area contributed by atoms with Gasteiger partial charge in [-0.1, -0.05) is 45.7 Å². The van der Waals surface area contributed by atoms with E-state index in [2.05, 4.69) is 36.7 Å². The minimum absolute atomic E-state index is 0.0378. The minimum atomic E-state index is -1.05. The maximum Gasteiger partial charge on any atom is 0.143 e. The Bertz CT molecular complexity index is 466. The first-order chi connectivity index (χ1) is 8.77. The molecule has 19 heavy (non-hydrogen) atoms. The monoisotopic (exact) mass is 328 g/mol. The summed E-state index contributed by atoms with van der Waals surface area (Å²) in [6.45, 7) is 6.39. The molecule has 2 unspecified atom stereocenters. The maximum atomic E-state index is 14.4. The van der Waals surface area contributed by atoms with E-state index in [0.29, 0.717) is 16.5 Å². The van der Waals surface area contributed by atoms with Crippen molar-refractivity contribution in [1.29, 1.82) is 0 Å². The first-order valence-electron chi connectivity index (χ1n) is 6.93. The van der Waals surface area contributed by atoms with Crippen molar-refractivity contribution in [2.45, 2.75) is 52.1 Å². The van der Waals surface area contributed by atoms with Crippen molar-refractivity contribution in [3.8, 4) is 0 Å². The molecule has 0 heterocycles. The molecule has 0 saturated heterocycles. The summed E-state index contributed by atoms with van der Waals surface area (Å²) in [4.78, 5) is 0. The van der Waals surface area contributed by atoms with Crippen molar-refractivity contribution in [3.05, 3.63) is 34.1 Å². The lowest BCUT2D eigenvalue weighted by Crippen LogP contribution is -2.45. The van der Waals surface area contributed by atoms with Gasteiger partial charge < -0.3 is 5.11 Å². The van der Waals surface area contributed by atoms with Gasteiger partial charge in [-0.25, -0.2) is 4.39 Å². The van der Waals surface area contributed by atoms with Crippen LogP contribution in [0.3, 0.4) is 0 Å². The summed E-state index contributed by atoms with van der Waals surface area (Å²) < 4.78 is 14.8. The highest BCUT2D eigenvalue weighted by Crippen LogP contribution is 2.50. The highest BCUT2D eigenvalue weighted by molar-refractivity contribution is 9.10. The number of halogens is 2. The fourth-order valence-corrected chi connectivity index (χ4v) is 3.83. The molecule has 2 atom stereocenters. The Hall–Kier alpha value is -0.410. The van der Waals surface area contributed by atoms with Gasteiger partial charge in [-0.15, -0.1) is 0 Å². The van der Waals surface area contributed by atoms with Gasteiger partial charge in [0.25, 0.3) is 0 Å². The Labute approximate surface area is 123 Å². The van der Waals surface area contributed by atoms with Crippen molar-refractivity contribution in [2.24, 2.45) is 11.3 Å². The summed E-state index contributed by atoms with van der Waals surface area (Å²) >= 11 is 3.22. The molecule has 1 N–H and O–H groups in total. The Balaban J connectivity index is 2.51. The van der Waals surface area contributed by atoms with Crippen LogP contribution in [0.4, 0.5) is 4.39 Å². The van der Waals surface area contributed by atoms with Crippen LogP contribution >= 0.6 is 15.9 Å². The first-order valence-corrected chi connectivity index (χ1v) is 7.73. The number of hydrogen-bond donors (Lipinski definition) is 1. The average Bonchev–Trinajstić information content (AvgIpc) is 2.31. The van der Waals surface area contributed by atoms with E-state index in [4.69, 9.17) is 0 Å². The van der Waals surface area contributed by atoms with Crippen LogP contribution in [-0.2, 0) is 5.60 Å². The van der Waals surface area contributed by atoms with Gasteiger partial charge in [-0.3, -0.25) is 0 Å². The second-order valence-electron chi connectivity index (χ2n) is 6.69. The van der Waals surface area contributed by atoms with Gasteiger partial charge in [-0.2, -0.15) is 0 Å². The summed E-state index contributed by atoms with van der Waals surface area (Å²) in [6.07, 6.45) is 3.66. The first kappa shape index (κ1) is 15.0. The number of benzene rings is 1. The molecule has 1 nitrogen and oxygen atoms in total. The second kappa shape index (κ2) is 5.17. The molecule has 2 rings (SSSR count). The Morgan fingerprint density at radius 2 is 2.00 bits per heavy atom. The van der Waals surface area contributed by atoms with Gasteiger partial charge in [0.1, 0.15) is 5.82 Å². The van der Waals surface area contributed by atoms with E-state index in [1.165, 1.54) is 0 Å². The summed E-state index contributed by atoms with van der Waals surface area (Å²) in [7, 11) is 0. The lowest BCUT2D eigenvalue weighted by atomic mass is 9.61. The van der Waals surface area contributed by atoms with Crippen molar-refractivity contribution < 1.29 is 9.50 Å². The summed E-state index contributed by atoms with van der Waals surface area (Å²) in [6, 6.07) is 5.20. The molecule has 1 aliphatic carbocycles. The van der Waals surface area contributed by atoms with Gasteiger partial charge in [0.2, 0.25) is 0 Å². The van der Waals surface area contributed by atoms with Gasteiger partial charge in [0.15, 0.2) is 0 Å². The molecule has 1 aliphatic rings. The normalized spacial score (nSPS) is 28.4. The third-order valence-electron chi connectivity index (χ3n) is 4.34. The van der Waals surface area contributed by atoms with E-state index in [0.717, 1.165) is 19.3 Å². The lowest BCUT2D eigenvalue weighted by molar-refractivity contribution is -0.0980. The Kier molecular flexibility index (Phi) is 4.08. The van der Waals surface area contributed by atoms with Crippen LogP contribution in [-0.4, -0.2) is 5.11 Å². The zero-order valence-electron chi connectivity index (χ0n) is 11.8. The second-order valence-corrected chi connectivity index (χ2v) is 7.54. The van der Waals surface area contributed by atoms with E-state index in [-0.39, 0.29) is 17.2 Å². The van der Waals surface area contributed by atoms with Crippen LogP contribution < -0.4 is 0 Å². The molecule has 0 aromatic heterocycles. The molecule has 1 aromatic carbocycles. The molecular formula is C16H22BrFO. The topological polar surface area (TPSA) is 20.2 Å². The third-order valence-corrected chi connectivity index (χ3v) is 4.95. The third kappa shape index (κ3) is 2.73. The number of hydrogen-bond acceptors (Lipinski definition) is 1. The SMILES string of the molecule is CC(C)(C)C1CCCCC1(O)c1cccc(Br)c1F. The van der Waals surface area contributed by atoms with Gasteiger partial charge in [-0.05, 0) is 46.2 Å². The number of rotatable bonds is 1. The highest BCUT2D eigenvalue weighted by atomic mass is 79.9. The van der Waals surface area contributed by atoms with Crippen molar-refractivity contribution in [1.82, 2.24) is 0 Å². The Morgan fingerprint density at radius 3 is 2.63 bits per heavy atom. The zero-order chi connectivity index (χ0) is 14.3. The fraction of sp³-hybridized carbons (Fsp3) is 0.625. The van der Waals surface area contributed by atoms with Gasteiger partial charge in [0.05, 0.1) is 10.1 Å². The molecule has 3 heteroatoms. The molecule has 1 aromatic rings. The van der Waals surface area contributed by atoms with E-state index in [1.807, 2.05) is 0 Å². The lowest BCUT2D eigenvalue weighted by Gasteiger charge is -2.47. The molecule has 1 saturated carbocycles. The molecule has 0 radical (unpaired) electrons. The summed E-state index contributed by atoms with van der Waals surface area (Å²) in [5, 5.41) is 11.2. The van der Waals surface area contributed by atoms with Crippen molar-refractivity contribution in [3.63, 3.8) is 0 Å². The predicted octanol–water partition coefficient (Wildman–Crippen LogP) is 5.01. The van der Waals surface area contributed by atoms with E-state index < -0.39 is 5.60 Å². The average molecular weight is 329 g/mol. The van der Waals surface area contributed by atoms with Crippen molar-refractivity contribution >= 4 is 15.9 Å². The maximum absolute atomic E-state index is 14.4. The van der Waals surface area contributed by atoms with E-state index >= 15 is 0 Å². The van der Waals surface area contributed by atoms with Gasteiger partial charge in [0, 0.05) is 5.56 Å². The van der Waals surface area contributed by atoms with Crippen LogP contribution in [0.25, 0.3) is 0 Å². The molecule has 0 aliphatic heterocycles. The molecule has 0 spiro atoms. The Morgan fingerprint density at radius 1 is 1.32 bits per heavy atom. The van der Waals surface area contributed by atoms with Gasteiger partial charge >= 0.3 is 0 Å². The molecule has 0 amide bonds. The van der Waals surface area contributed by atoms with E-state index in [1.54, 1.807) is 18.2 Å². The van der Waals surface area contributed by atoms with Crippen LogP contribution in [0.2, 0.25) is 0 Å². The predicted molar refractivity (Wildman–Crippen MR) is 79.4 cm³/mol. The molecule has 106 valence electrons. The van der Waals surface area contributed by atoms with E-state index in [9.17, 15) is 9.50 Å². The van der Waals surface area contributed by atoms with Crippen LogP contribution in [0.5, 0.6) is 0 Å². The summed E-state index contributed by atoms with van der Waals surface area (Å²) in [5.74, 6) is -0.237. The van der Waals surface area contributed by atoms with Crippen LogP contribution in [0, 0.1) is 17.2 Å². The molecule has 1 fully saturated rings. The standard InChI is InChI=1S/C16H22BrFO/c1-15(2,3)13-9-4-5-10-16(13,19)11-7-6-8-12(17)14(11)18/h6-8,13,19H,4-5,9-10H2,1-3H3. The zero-order valence-corrected chi connectivity index (χ0v) is 13.4. The molecular weight excluding hydrogens is 307 g/mol. The highest BCUT2D eigenvalue weighted by Gasteiger charge is 2.47. The number of aliphatic hydroxyl groups is 1. The quantitative estimate of drug-likeness (QED) is 0.768. The largest absolute Gasteiger partial charge is 0.385 e. The van der Waals surface area contributed by atoms with Crippen molar-refractivity contribution in [2.75, 3.05) is 0 Å². The summed E-state index contributed by atoms with van der Waals surface area (Å²) in [5.41, 5.74) is -0.643. The van der Waals surface area contributed by atoms with Crippen LogP contribution in [0.1, 0.15) is 52.0 Å². The minimum Gasteiger partial charge on any atom is -0.385 e. The molecule has 0 bridgehead atoms. The smallest absolute Gasteiger partial charge is 0.143 e. The fourth-order valence-electron chi connectivity index (χ4n) is 3.47.